The monoisotopic (exact) mass is 158 g/mol. The van der Waals surface area contributed by atoms with Crippen LogP contribution in [0.25, 0.3) is 0 Å². The fourth-order valence-electron chi connectivity index (χ4n) is 0.621. The first kappa shape index (κ1) is 7.56. The summed E-state index contributed by atoms with van der Waals surface area (Å²) in [5.41, 5.74) is 0. The number of nitrogens with zero attached hydrogens (tertiary/aromatic N) is 3. The number of aromatic nitrogens is 3. The van der Waals surface area contributed by atoms with Crippen molar-refractivity contribution >= 4 is 12.6 Å². The second kappa shape index (κ2) is 4.29. The van der Waals surface area contributed by atoms with Crippen LogP contribution >= 0.6 is 12.6 Å². The maximum atomic E-state index is 4.00. The van der Waals surface area contributed by atoms with Crippen molar-refractivity contribution in [2.24, 2.45) is 0 Å². The van der Waals surface area contributed by atoms with Gasteiger partial charge >= 0.3 is 0 Å². The topological polar surface area (TPSA) is 42.7 Å². The molecular weight excluding hydrogens is 148 g/mol. The SMILES string of the molecule is SCNCCn1cncn1. The maximum absolute atomic E-state index is 4.00. The van der Waals surface area contributed by atoms with Crippen LogP contribution in [0.3, 0.4) is 0 Å². The molecule has 0 amide bonds. The Morgan fingerprint density at radius 1 is 1.60 bits per heavy atom. The summed E-state index contributed by atoms with van der Waals surface area (Å²) in [6, 6.07) is 0. The molecule has 0 unspecified atom stereocenters. The zero-order valence-electron chi connectivity index (χ0n) is 5.56. The van der Waals surface area contributed by atoms with Crippen LogP contribution in [0.2, 0.25) is 0 Å². The van der Waals surface area contributed by atoms with Gasteiger partial charge in [0.1, 0.15) is 12.7 Å². The van der Waals surface area contributed by atoms with E-state index in [9.17, 15) is 0 Å². The minimum atomic E-state index is 0.703. The molecule has 0 radical (unpaired) electrons. The standard InChI is InChI=1S/C5H10N4S/c10-5-6-1-2-9-4-7-3-8-9/h3-4,6,10H,1-2,5H2. The highest BCUT2D eigenvalue weighted by atomic mass is 32.1. The van der Waals surface area contributed by atoms with Crippen molar-refractivity contribution < 1.29 is 0 Å². The summed E-state index contributed by atoms with van der Waals surface area (Å²) >= 11 is 4.00. The van der Waals surface area contributed by atoms with Gasteiger partial charge in [-0.3, -0.25) is 4.68 Å². The summed E-state index contributed by atoms with van der Waals surface area (Å²) in [6.45, 7) is 1.73. The Morgan fingerprint density at radius 2 is 2.50 bits per heavy atom. The minimum Gasteiger partial charge on any atom is -0.306 e. The highest BCUT2D eigenvalue weighted by Crippen LogP contribution is 1.77. The van der Waals surface area contributed by atoms with E-state index in [4.69, 9.17) is 0 Å². The second-order valence-corrected chi connectivity index (χ2v) is 2.13. The molecule has 1 aromatic heterocycles. The van der Waals surface area contributed by atoms with E-state index in [0.29, 0.717) is 5.88 Å². The van der Waals surface area contributed by atoms with E-state index >= 15 is 0 Å². The van der Waals surface area contributed by atoms with Crippen LogP contribution in [0, 0.1) is 0 Å². The Kier molecular flexibility index (Phi) is 3.25. The van der Waals surface area contributed by atoms with Crippen molar-refractivity contribution in [2.45, 2.75) is 6.54 Å². The molecule has 0 aromatic carbocycles. The van der Waals surface area contributed by atoms with E-state index < -0.39 is 0 Å². The quantitative estimate of drug-likeness (QED) is 0.361. The average molecular weight is 158 g/mol. The number of thiol groups is 1. The molecule has 0 aliphatic rings. The lowest BCUT2D eigenvalue weighted by atomic mass is 10.6. The molecule has 1 N–H and O–H groups in total. The van der Waals surface area contributed by atoms with Gasteiger partial charge in [-0.2, -0.15) is 17.7 Å². The molecule has 1 rings (SSSR count). The fourth-order valence-corrected chi connectivity index (χ4v) is 0.779. The van der Waals surface area contributed by atoms with Gasteiger partial charge in [0, 0.05) is 12.4 Å². The average Bonchev–Trinajstić information content (AvgIpc) is 2.41. The van der Waals surface area contributed by atoms with E-state index in [1.807, 2.05) is 0 Å². The summed E-state index contributed by atoms with van der Waals surface area (Å²) in [5.74, 6) is 0.703. The van der Waals surface area contributed by atoms with E-state index in [1.54, 1.807) is 11.0 Å². The predicted octanol–water partition coefficient (Wildman–Crippen LogP) is -0.245. The fraction of sp³-hybridized carbons (Fsp3) is 0.600. The summed E-state index contributed by atoms with van der Waals surface area (Å²) in [5, 5.41) is 6.99. The van der Waals surface area contributed by atoms with Crippen LogP contribution in [0.4, 0.5) is 0 Å². The summed E-state index contributed by atoms with van der Waals surface area (Å²) in [4.78, 5) is 3.81. The van der Waals surface area contributed by atoms with Gasteiger partial charge < -0.3 is 5.32 Å². The Bertz CT molecular complexity index is 162. The van der Waals surface area contributed by atoms with Gasteiger partial charge in [0.25, 0.3) is 0 Å². The lowest BCUT2D eigenvalue weighted by molar-refractivity contribution is 0.579. The molecule has 0 saturated heterocycles. The number of hydrogen-bond acceptors (Lipinski definition) is 4. The Balaban J connectivity index is 2.15. The van der Waals surface area contributed by atoms with Crippen molar-refractivity contribution in [3.05, 3.63) is 12.7 Å². The maximum Gasteiger partial charge on any atom is 0.137 e. The van der Waals surface area contributed by atoms with Crippen molar-refractivity contribution in [3.63, 3.8) is 0 Å². The minimum absolute atomic E-state index is 0.703. The lowest BCUT2D eigenvalue weighted by Crippen LogP contribution is -2.18. The molecule has 0 spiro atoms. The number of rotatable bonds is 4. The highest BCUT2D eigenvalue weighted by molar-refractivity contribution is 7.80. The molecule has 0 aliphatic carbocycles. The van der Waals surface area contributed by atoms with E-state index in [2.05, 4.69) is 28.0 Å². The highest BCUT2D eigenvalue weighted by Gasteiger charge is 1.87. The lowest BCUT2D eigenvalue weighted by Gasteiger charge is -1.99. The van der Waals surface area contributed by atoms with Gasteiger partial charge in [0.05, 0.1) is 6.54 Å². The third kappa shape index (κ3) is 2.36. The molecular formula is C5H10N4S. The van der Waals surface area contributed by atoms with Gasteiger partial charge in [-0.25, -0.2) is 4.98 Å². The van der Waals surface area contributed by atoms with Crippen LogP contribution < -0.4 is 5.32 Å². The van der Waals surface area contributed by atoms with E-state index in [-0.39, 0.29) is 0 Å². The summed E-state index contributed by atoms with van der Waals surface area (Å²) < 4.78 is 1.77. The molecule has 0 aliphatic heterocycles. The first-order valence-electron chi connectivity index (χ1n) is 3.07. The molecule has 0 saturated carbocycles. The Labute approximate surface area is 65.1 Å². The first-order chi connectivity index (χ1) is 4.93. The van der Waals surface area contributed by atoms with Crippen molar-refractivity contribution in [2.75, 3.05) is 12.4 Å². The summed E-state index contributed by atoms with van der Waals surface area (Å²) in [7, 11) is 0. The van der Waals surface area contributed by atoms with Gasteiger partial charge in [0.15, 0.2) is 0 Å². The molecule has 0 bridgehead atoms. The predicted molar refractivity (Wildman–Crippen MR) is 41.9 cm³/mol. The van der Waals surface area contributed by atoms with E-state index in [0.717, 1.165) is 13.1 Å². The van der Waals surface area contributed by atoms with Crippen molar-refractivity contribution in [1.82, 2.24) is 20.1 Å². The molecule has 1 aromatic rings. The van der Waals surface area contributed by atoms with Gasteiger partial charge in [-0.1, -0.05) is 0 Å². The molecule has 0 fully saturated rings. The van der Waals surface area contributed by atoms with Gasteiger partial charge in [-0.15, -0.1) is 0 Å². The van der Waals surface area contributed by atoms with Crippen LogP contribution in [0.5, 0.6) is 0 Å². The number of hydrogen-bond donors (Lipinski definition) is 2. The smallest absolute Gasteiger partial charge is 0.137 e. The zero-order valence-corrected chi connectivity index (χ0v) is 6.46. The third-order valence-electron chi connectivity index (χ3n) is 1.10. The van der Waals surface area contributed by atoms with Crippen LogP contribution in [0.15, 0.2) is 12.7 Å². The molecule has 10 heavy (non-hydrogen) atoms. The largest absolute Gasteiger partial charge is 0.306 e. The van der Waals surface area contributed by atoms with E-state index in [1.165, 1.54) is 6.33 Å². The third-order valence-corrected chi connectivity index (χ3v) is 1.32. The van der Waals surface area contributed by atoms with Crippen LogP contribution in [-0.2, 0) is 6.54 Å². The molecule has 5 heteroatoms. The molecule has 0 atom stereocenters. The molecule has 56 valence electrons. The molecule has 1 heterocycles. The van der Waals surface area contributed by atoms with Gasteiger partial charge in [-0.05, 0) is 0 Å². The van der Waals surface area contributed by atoms with Crippen molar-refractivity contribution in [1.29, 1.82) is 0 Å². The van der Waals surface area contributed by atoms with Crippen LogP contribution in [0.1, 0.15) is 0 Å². The normalized spacial score (nSPS) is 10.1. The Hall–Kier alpha value is -0.550. The van der Waals surface area contributed by atoms with Crippen LogP contribution in [-0.4, -0.2) is 27.2 Å². The second-order valence-electron chi connectivity index (χ2n) is 1.82. The summed E-state index contributed by atoms with van der Waals surface area (Å²) in [6.07, 6.45) is 3.22. The Morgan fingerprint density at radius 3 is 3.10 bits per heavy atom. The number of nitrogens with one attached hydrogen (secondary N) is 1. The first-order valence-corrected chi connectivity index (χ1v) is 3.70. The van der Waals surface area contributed by atoms with Crippen molar-refractivity contribution in [3.8, 4) is 0 Å². The zero-order chi connectivity index (χ0) is 7.23. The van der Waals surface area contributed by atoms with Gasteiger partial charge in [0.2, 0.25) is 0 Å². The molecule has 4 nitrogen and oxygen atoms in total.